The lowest BCUT2D eigenvalue weighted by molar-refractivity contribution is -0.135. The number of hydrogen-bond acceptors (Lipinski definition) is 7. The predicted octanol–water partition coefficient (Wildman–Crippen LogP) is 4.96. The molecule has 3 heterocycles. The van der Waals surface area contributed by atoms with E-state index in [1.54, 1.807) is 0 Å². The first-order valence-electron chi connectivity index (χ1n) is 9.22. The summed E-state index contributed by atoms with van der Waals surface area (Å²) in [6, 6.07) is 4.11. The fraction of sp³-hybridized carbons (Fsp3) is 0.350. The topological polar surface area (TPSA) is 106 Å². The number of thioether (sulfide) groups is 1. The van der Waals surface area contributed by atoms with Crippen molar-refractivity contribution in [1.82, 2.24) is 4.57 Å². The molecule has 1 atom stereocenters. The maximum absolute atomic E-state index is 12.0. The summed E-state index contributed by atoms with van der Waals surface area (Å²) in [6.07, 6.45) is 1.95. The molecule has 0 saturated carbocycles. The molecule has 2 aromatic rings. The van der Waals surface area contributed by atoms with Gasteiger partial charge < -0.3 is 14.4 Å². The number of aromatic hydroxyl groups is 1. The van der Waals surface area contributed by atoms with Crippen LogP contribution in [0.2, 0.25) is 0 Å². The molecule has 0 bridgehead atoms. The van der Waals surface area contributed by atoms with E-state index in [9.17, 15) is 14.7 Å². The number of ether oxygens (including phenoxy) is 1. The Balaban J connectivity index is 1.79. The number of methoxy groups -OCH3 is 1. The van der Waals surface area contributed by atoms with Crippen molar-refractivity contribution in [2.24, 2.45) is 15.2 Å². The Hall–Kier alpha value is -2.21. The first-order chi connectivity index (χ1) is 14.1. The van der Waals surface area contributed by atoms with Crippen LogP contribution in [-0.4, -0.2) is 33.8 Å². The summed E-state index contributed by atoms with van der Waals surface area (Å²) in [4.78, 5) is 27.3. The van der Waals surface area contributed by atoms with Crippen molar-refractivity contribution < 1.29 is 19.4 Å². The quantitative estimate of drug-likeness (QED) is 0.252. The number of azo groups is 1. The fourth-order valence-corrected chi connectivity index (χ4v) is 5.44. The highest BCUT2D eigenvalue weighted by atomic mass is 127. The molecule has 0 aliphatic carbocycles. The van der Waals surface area contributed by atoms with Gasteiger partial charge in [0.15, 0.2) is 5.69 Å². The van der Waals surface area contributed by atoms with E-state index in [1.807, 2.05) is 10.6 Å². The summed E-state index contributed by atoms with van der Waals surface area (Å²) < 4.78 is 7.50. The van der Waals surface area contributed by atoms with Gasteiger partial charge in [-0.3, -0.25) is 4.79 Å². The van der Waals surface area contributed by atoms with Crippen LogP contribution in [0.5, 0.6) is 5.88 Å². The van der Waals surface area contributed by atoms with Gasteiger partial charge in [0, 0.05) is 20.6 Å². The maximum atomic E-state index is 12.0. The number of amides is 1. The molecule has 2 aliphatic rings. The Bertz CT molecular complexity index is 1200. The molecule has 0 radical (unpaired) electrons. The number of nitrogens with zero attached hydrogens (tertiary/aromatic N) is 4. The third kappa shape index (κ3) is 3.45. The number of amidine groups is 1. The van der Waals surface area contributed by atoms with Crippen LogP contribution in [0, 0.1) is 3.57 Å². The van der Waals surface area contributed by atoms with Crippen molar-refractivity contribution in [3.8, 4) is 5.88 Å². The molecule has 4 rings (SSSR count). The van der Waals surface area contributed by atoms with Crippen LogP contribution in [0.15, 0.2) is 38.3 Å². The number of carbonyl (C=O) groups is 2. The molecular formula is C20H19IN4O4S. The van der Waals surface area contributed by atoms with Gasteiger partial charge in [-0.2, -0.15) is 4.99 Å². The molecule has 1 unspecified atom stereocenters. The smallest absolute Gasteiger partial charge is 0.331 e. The molecule has 1 aromatic carbocycles. The first-order valence-corrected chi connectivity index (χ1v) is 11.1. The lowest BCUT2D eigenvalue weighted by Crippen LogP contribution is -2.31. The number of halogens is 1. The summed E-state index contributed by atoms with van der Waals surface area (Å²) in [5, 5.41) is 20.3. The van der Waals surface area contributed by atoms with E-state index in [0.29, 0.717) is 11.6 Å². The minimum atomic E-state index is -0.642. The summed E-state index contributed by atoms with van der Waals surface area (Å²) >= 11 is 3.19. The van der Waals surface area contributed by atoms with Crippen LogP contribution in [0.1, 0.15) is 38.7 Å². The van der Waals surface area contributed by atoms with Crippen molar-refractivity contribution in [1.29, 1.82) is 0 Å². The van der Waals surface area contributed by atoms with Crippen molar-refractivity contribution >= 4 is 68.0 Å². The molecule has 1 aromatic heterocycles. The van der Waals surface area contributed by atoms with Gasteiger partial charge in [-0.15, -0.1) is 10.2 Å². The third-order valence-corrected chi connectivity index (χ3v) is 6.73. The van der Waals surface area contributed by atoms with Gasteiger partial charge in [0.05, 0.1) is 17.5 Å². The van der Waals surface area contributed by atoms with Gasteiger partial charge in [0.1, 0.15) is 0 Å². The standard InChI is InChI=1S/C20H19IN4O4S/c1-9-8-20(2,3)25-16-11(9)5-10(21)6-12(16)15(18(25)28)23-24-19-22-17(27)13(30-19)7-14(26)29-4/h5-7,9,28H,8H2,1-4H3. The summed E-state index contributed by atoms with van der Waals surface area (Å²) in [7, 11) is 1.23. The molecule has 10 heteroatoms. The molecule has 30 heavy (non-hydrogen) atoms. The van der Waals surface area contributed by atoms with Gasteiger partial charge in [0.2, 0.25) is 11.0 Å². The summed E-state index contributed by atoms with van der Waals surface area (Å²) in [5.74, 6) is -0.844. The van der Waals surface area contributed by atoms with Crippen LogP contribution in [-0.2, 0) is 19.9 Å². The molecule has 0 fully saturated rings. The number of rotatable bonds is 2. The molecule has 8 nitrogen and oxygen atoms in total. The Morgan fingerprint density at radius 2 is 2.17 bits per heavy atom. The van der Waals surface area contributed by atoms with E-state index in [1.165, 1.54) is 12.7 Å². The lowest BCUT2D eigenvalue weighted by Gasteiger charge is -2.36. The lowest BCUT2D eigenvalue weighted by atomic mass is 9.82. The summed E-state index contributed by atoms with van der Waals surface area (Å²) in [5.41, 5.74) is 2.17. The zero-order valence-corrected chi connectivity index (χ0v) is 19.7. The minimum Gasteiger partial charge on any atom is -0.493 e. The molecule has 2 aliphatic heterocycles. The number of esters is 1. The molecule has 156 valence electrons. The Morgan fingerprint density at radius 1 is 1.43 bits per heavy atom. The molecule has 1 N–H and O–H groups in total. The Morgan fingerprint density at radius 3 is 2.87 bits per heavy atom. The average molecular weight is 538 g/mol. The van der Waals surface area contributed by atoms with E-state index >= 15 is 0 Å². The second kappa shape index (κ2) is 7.49. The van der Waals surface area contributed by atoms with Crippen LogP contribution < -0.4 is 0 Å². The van der Waals surface area contributed by atoms with Crippen LogP contribution in [0.3, 0.4) is 0 Å². The van der Waals surface area contributed by atoms with Gasteiger partial charge in [-0.1, -0.05) is 6.92 Å². The van der Waals surface area contributed by atoms with E-state index in [4.69, 9.17) is 0 Å². The highest BCUT2D eigenvalue weighted by molar-refractivity contribution is 14.1. The monoisotopic (exact) mass is 538 g/mol. The Kier molecular flexibility index (Phi) is 5.25. The van der Waals surface area contributed by atoms with Crippen molar-refractivity contribution in [2.75, 3.05) is 7.11 Å². The molecule has 0 spiro atoms. The SMILES string of the molecule is COC(=O)C=C1SC(N=Nc2c(O)n3c4c(cc(I)cc24)C(C)CC3(C)C)=NC1=O. The first kappa shape index (κ1) is 21.0. The van der Waals surface area contributed by atoms with E-state index < -0.39 is 11.9 Å². The van der Waals surface area contributed by atoms with Crippen molar-refractivity contribution in [3.05, 3.63) is 32.2 Å². The number of aromatic nitrogens is 1. The average Bonchev–Trinajstić information content (AvgIpc) is 3.15. The van der Waals surface area contributed by atoms with E-state index in [2.05, 4.69) is 69.4 Å². The molecule has 1 amide bonds. The van der Waals surface area contributed by atoms with Crippen molar-refractivity contribution in [3.63, 3.8) is 0 Å². The van der Waals surface area contributed by atoms with Crippen LogP contribution >= 0.6 is 34.4 Å². The zero-order chi connectivity index (χ0) is 21.8. The third-order valence-electron chi connectivity index (χ3n) is 5.24. The van der Waals surface area contributed by atoms with E-state index in [-0.39, 0.29) is 21.5 Å². The predicted molar refractivity (Wildman–Crippen MR) is 123 cm³/mol. The van der Waals surface area contributed by atoms with E-state index in [0.717, 1.165) is 38.7 Å². The number of hydrogen-bond donors (Lipinski definition) is 1. The molecular weight excluding hydrogens is 519 g/mol. The second-order valence-electron chi connectivity index (χ2n) is 7.85. The number of carbonyl (C=O) groups excluding carboxylic acids is 2. The van der Waals surface area contributed by atoms with Gasteiger partial charge in [-0.05, 0) is 78.2 Å². The van der Waals surface area contributed by atoms with Gasteiger partial charge in [-0.25, -0.2) is 4.79 Å². The van der Waals surface area contributed by atoms with Crippen LogP contribution in [0.25, 0.3) is 10.9 Å². The highest BCUT2D eigenvalue weighted by Gasteiger charge is 2.36. The van der Waals surface area contributed by atoms with Crippen LogP contribution in [0.4, 0.5) is 5.69 Å². The summed E-state index contributed by atoms with van der Waals surface area (Å²) in [6.45, 7) is 6.36. The molecule has 0 saturated heterocycles. The number of benzene rings is 1. The number of aliphatic imine (C=N–C) groups is 1. The second-order valence-corrected chi connectivity index (χ2v) is 10.1. The van der Waals surface area contributed by atoms with Crippen molar-refractivity contribution in [2.45, 2.75) is 38.6 Å². The van der Waals surface area contributed by atoms with Gasteiger partial charge >= 0.3 is 5.97 Å². The zero-order valence-electron chi connectivity index (χ0n) is 16.8. The highest BCUT2D eigenvalue weighted by Crippen LogP contribution is 2.51. The largest absolute Gasteiger partial charge is 0.493 e. The fourth-order valence-electron chi connectivity index (χ4n) is 4.10. The van der Waals surface area contributed by atoms with Gasteiger partial charge in [0.25, 0.3) is 5.91 Å². The minimum absolute atomic E-state index is 0.0362. The Labute approximate surface area is 190 Å². The maximum Gasteiger partial charge on any atom is 0.331 e. The normalized spacial score (nSPS) is 21.6.